The average Bonchev–Trinajstić information content (AvgIpc) is 2.32. The Hall–Kier alpha value is -0.390. The van der Waals surface area contributed by atoms with Crippen LogP contribution in [0.25, 0.3) is 0 Å². The van der Waals surface area contributed by atoms with Crippen LogP contribution in [0.15, 0.2) is 28.7 Å². The third-order valence-corrected chi connectivity index (χ3v) is 5.04. The molecule has 0 saturated carbocycles. The van der Waals surface area contributed by atoms with Crippen molar-refractivity contribution in [1.29, 1.82) is 0 Å². The molecule has 1 rings (SSSR count). The van der Waals surface area contributed by atoms with E-state index in [1.54, 1.807) is 6.92 Å². The van der Waals surface area contributed by atoms with Crippen molar-refractivity contribution in [3.8, 4) is 0 Å². The van der Waals surface area contributed by atoms with Crippen LogP contribution < -0.4 is 0 Å². The summed E-state index contributed by atoms with van der Waals surface area (Å²) >= 11 is 3.34. The molecule has 0 amide bonds. The second-order valence-corrected chi connectivity index (χ2v) is 7.34. The van der Waals surface area contributed by atoms with Gasteiger partial charge >= 0.3 is 0 Å². The summed E-state index contributed by atoms with van der Waals surface area (Å²) in [6.07, 6.45) is 0.467. The van der Waals surface area contributed by atoms with Crippen LogP contribution in [-0.2, 0) is 9.84 Å². The van der Waals surface area contributed by atoms with E-state index in [1.807, 2.05) is 24.3 Å². The molecule has 1 atom stereocenters. The van der Waals surface area contributed by atoms with Crippen molar-refractivity contribution in [2.75, 3.05) is 18.1 Å². The zero-order valence-corrected chi connectivity index (χ0v) is 12.2. The topological polar surface area (TPSA) is 54.4 Å². The number of hydrogen-bond donors (Lipinski definition) is 1. The Morgan fingerprint density at radius 3 is 2.35 bits per heavy atom. The fourth-order valence-corrected chi connectivity index (χ4v) is 2.76. The number of aliphatic hydroxyl groups excluding tert-OH is 1. The van der Waals surface area contributed by atoms with Gasteiger partial charge in [-0.2, -0.15) is 0 Å². The highest BCUT2D eigenvalue weighted by Gasteiger charge is 2.15. The zero-order valence-electron chi connectivity index (χ0n) is 9.77. The second kappa shape index (κ2) is 6.52. The molecule has 0 spiro atoms. The van der Waals surface area contributed by atoms with E-state index < -0.39 is 9.84 Å². The highest BCUT2D eigenvalue weighted by Crippen LogP contribution is 2.22. The van der Waals surface area contributed by atoms with Crippen molar-refractivity contribution >= 4 is 25.8 Å². The first-order chi connectivity index (χ1) is 7.98. The van der Waals surface area contributed by atoms with Gasteiger partial charge < -0.3 is 5.11 Å². The summed E-state index contributed by atoms with van der Waals surface area (Å²) in [5.41, 5.74) is 0.974. The molecular formula is C12H17BrO3S. The average molecular weight is 321 g/mol. The van der Waals surface area contributed by atoms with Crippen molar-refractivity contribution < 1.29 is 13.5 Å². The van der Waals surface area contributed by atoms with E-state index in [-0.39, 0.29) is 24.0 Å². The Bertz CT molecular complexity index is 439. The lowest BCUT2D eigenvalue weighted by molar-refractivity contribution is 0.262. The molecule has 0 aliphatic carbocycles. The summed E-state index contributed by atoms with van der Waals surface area (Å²) in [5, 5.41) is 9.31. The summed E-state index contributed by atoms with van der Waals surface area (Å²) in [4.78, 5) is 0. The molecule has 0 bridgehead atoms. The van der Waals surface area contributed by atoms with Crippen molar-refractivity contribution in [3.05, 3.63) is 34.3 Å². The Kier molecular flexibility index (Phi) is 5.62. The van der Waals surface area contributed by atoms with Gasteiger partial charge in [0.2, 0.25) is 0 Å². The molecule has 1 aromatic carbocycles. The third kappa shape index (κ3) is 4.77. The van der Waals surface area contributed by atoms with E-state index in [9.17, 15) is 13.5 Å². The maximum absolute atomic E-state index is 11.4. The van der Waals surface area contributed by atoms with Crippen molar-refractivity contribution in [2.24, 2.45) is 0 Å². The maximum Gasteiger partial charge on any atom is 0.150 e. The number of sulfone groups is 1. The summed E-state index contributed by atoms with van der Waals surface area (Å²) in [7, 11) is -2.96. The van der Waals surface area contributed by atoms with Gasteiger partial charge in [0, 0.05) is 22.8 Å². The molecule has 1 N–H and O–H groups in total. The lowest BCUT2D eigenvalue weighted by atomic mass is 9.98. The molecule has 1 aromatic rings. The Balaban J connectivity index is 2.69. The molecule has 0 aliphatic heterocycles. The molecule has 0 aliphatic rings. The van der Waals surface area contributed by atoms with Gasteiger partial charge in [0.25, 0.3) is 0 Å². The van der Waals surface area contributed by atoms with Crippen LogP contribution in [-0.4, -0.2) is 31.6 Å². The molecule has 1 unspecified atom stereocenters. The molecule has 17 heavy (non-hydrogen) atoms. The number of aliphatic hydroxyl groups is 1. The fraction of sp³-hybridized carbons (Fsp3) is 0.500. The van der Waals surface area contributed by atoms with Crippen LogP contribution in [0.5, 0.6) is 0 Å². The van der Waals surface area contributed by atoms with Gasteiger partial charge in [-0.25, -0.2) is 8.42 Å². The van der Waals surface area contributed by atoms with Gasteiger partial charge in [0.05, 0.1) is 5.75 Å². The minimum Gasteiger partial charge on any atom is -0.396 e. The van der Waals surface area contributed by atoms with Gasteiger partial charge in [-0.15, -0.1) is 0 Å². The van der Waals surface area contributed by atoms with E-state index >= 15 is 0 Å². The first-order valence-electron chi connectivity index (χ1n) is 5.55. The van der Waals surface area contributed by atoms with Crippen LogP contribution in [0.1, 0.15) is 24.8 Å². The van der Waals surface area contributed by atoms with Crippen LogP contribution in [0.3, 0.4) is 0 Å². The zero-order chi connectivity index (χ0) is 12.9. The number of hydrogen-bond acceptors (Lipinski definition) is 3. The van der Waals surface area contributed by atoms with Gasteiger partial charge in [-0.05, 0) is 24.1 Å². The number of rotatable bonds is 6. The van der Waals surface area contributed by atoms with Crippen molar-refractivity contribution in [3.63, 3.8) is 0 Å². The molecule has 0 heterocycles. The molecule has 0 radical (unpaired) electrons. The largest absolute Gasteiger partial charge is 0.396 e. The van der Waals surface area contributed by atoms with Crippen LogP contribution in [0, 0.1) is 0 Å². The molecule has 0 fully saturated rings. The van der Waals surface area contributed by atoms with Crippen LogP contribution >= 0.6 is 15.9 Å². The SMILES string of the molecule is CCS(=O)(=O)CCC(CO)c1ccc(Br)cc1. The van der Waals surface area contributed by atoms with E-state index in [0.29, 0.717) is 6.42 Å². The summed E-state index contributed by atoms with van der Waals surface area (Å²) in [6.45, 7) is 1.61. The summed E-state index contributed by atoms with van der Waals surface area (Å²) in [6, 6.07) is 7.60. The number of benzene rings is 1. The van der Waals surface area contributed by atoms with Gasteiger partial charge in [-0.3, -0.25) is 0 Å². The first-order valence-corrected chi connectivity index (χ1v) is 8.16. The Labute approximate surface area is 111 Å². The van der Waals surface area contributed by atoms with Crippen molar-refractivity contribution in [1.82, 2.24) is 0 Å². The molecule has 96 valence electrons. The lowest BCUT2D eigenvalue weighted by Gasteiger charge is -2.14. The van der Waals surface area contributed by atoms with Crippen LogP contribution in [0.4, 0.5) is 0 Å². The summed E-state index contributed by atoms with van der Waals surface area (Å²) < 4.78 is 23.8. The minimum atomic E-state index is -2.96. The molecular weight excluding hydrogens is 304 g/mol. The van der Waals surface area contributed by atoms with Gasteiger partial charge in [0.15, 0.2) is 0 Å². The maximum atomic E-state index is 11.4. The summed E-state index contributed by atoms with van der Waals surface area (Å²) in [5.74, 6) is 0.181. The molecule has 0 saturated heterocycles. The predicted octanol–water partition coefficient (Wildman–Crippen LogP) is 2.35. The van der Waals surface area contributed by atoms with Crippen LogP contribution in [0.2, 0.25) is 0 Å². The van der Waals surface area contributed by atoms with Gasteiger partial charge in [-0.1, -0.05) is 35.0 Å². The van der Waals surface area contributed by atoms with E-state index in [0.717, 1.165) is 10.0 Å². The molecule has 5 heteroatoms. The van der Waals surface area contributed by atoms with E-state index in [1.165, 1.54) is 0 Å². The number of halogens is 1. The third-order valence-electron chi connectivity index (χ3n) is 2.78. The first kappa shape index (κ1) is 14.7. The monoisotopic (exact) mass is 320 g/mol. The van der Waals surface area contributed by atoms with Crippen molar-refractivity contribution in [2.45, 2.75) is 19.3 Å². The highest BCUT2D eigenvalue weighted by molar-refractivity contribution is 9.10. The lowest BCUT2D eigenvalue weighted by Crippen LogP contribution is -2.14. The molecule has 3 nitrogen and oxygen atoms in total. The standard InChI is InChI=1S/C12H17BrO3S/c1-2-17(15,16)8-7-11(9-14)10-3-5-12(13)6-4-10/h3-6,11,14H,2,7-9H2,1H3. The Morgan fingerprint density at radius 2 is 1.88 bits per heavy atom. The predicted molar refractivity (Wildman–Crippen MR) is 72.9 cm³/mol. The quantitative estimate of drug-likeness (QED) is 0.875. The van der Waals surface area contributed by atoms with Gasteiger partial charge in [0.1, 0.15) is 9.84 Å². The minimum absolute atomic E-state index is 0.0269. The fourth-order valence-electron chi connectivity index (χ4n) is 1.56. The highest BCUT2D eigenvalue weighted by atomic mass is 79.9. The normalized spacial score (nSPS) is 13.6. The Morgan fingerprint density at radius 1 is 1.29 bits per heavy atom. The molecule has 0 aromatic heterocycles. The van der Waals surface area contributed by atoms with E-state index in [2.05, 4.69) is 15.9 Å². The smallest absolute Gasteiger partial charge is 0.150 e. The van der Waals surface area contributed by atoms with E-state index in [4.69, 9.17) is 0 Å². The second-order valence-electron chi connectivity index (χ2n) is 3.96.